The van der Waals surface area contributed by atoms with Crippen molar-refractivity contribution < 1.29 is 4.79 Å². The molecule has 1 aromatic heterocycles. The zero-order valence-electron chi connectivity index (χ0n) is 18.9. The minimum atomic E-state index is -0.424. The van der Waals surface area contributed by atoms with Crippen LogP contribution in [0.15, 0.2) is 77.6 Å². The molecule has 0 aliphatic carbocycles. The Kier molecular flexibility index (Phi) is 5.91. The molecule has 1 unspecified atom stereocenters. The predicted octanol–water partition coefficient (Wildman–Crippen LogP) is 5.09. The summed E-state index contributed by atoms with van der Waals surface area (Å²) in [5, 5.41) is 0.549. The normalized spacial score (nSPS) is 12.0. The molecular formula is C27H27N3O2. The lowest BCUT2D eigenvalue weighted by molar-refractivity contribution is 0.0735. The maximum atomic E-state index is 13.5. The molecule has 3 aromatic carbocycles. The highest BCUT2D eigenvalue weighted by molar-refractivity contribution is 5.94. The lowest BCUT2D eigenvalue weighted by Crippen LogP contribution is -2.34. The van der Waals surface area contributed by atoms with Crippen LogP contribution in [0.2, 0.25) is 0 Å². The molecule has 1 heterocycles. The molecule has 0 saturated carbocycles. The topological polar surface area (TPSA) is 55.2 Å². The quantitative estimate of drug-likeness (QED) is 0.448. The summed E-state index contributed by atoms with van der Waals surface area (Å²) in [4.78, 5) is 33.2. The molecule has 0 bridgehead atoms. The van der Waals surface area contributed by atoms with E-state index in [1.807, 2.05) is 80.6 Å². The van der Waals surface area contributed by atoms with Gasteiger partial charge in [-0.05, 0) is 62.2 Å². The van der Waals surface area contributed by atoms with E-state index in [-0.39, 0.29) is 11.5 Å². The third kappa shape index (κ3) is 3.94. The van der Waals surface area contributed by atoms with Gasteiger partial charge < -0.3 is 4.90 Å². The molecule has 0 spiro atoms. The molecule has 0 saturated heterocycles. The van der Waals surface area contributed by atoms with Crippen LogP contribution in [0.25, 0.3) is 16.6 Å². The molecule has 1 amide bonds. The van der Waals surface area contributed by atoms with Crippen molar-refractivity contribution in [3.8, 4) is 5.69 Å². The van der Waals surface area contributed by atoms with E-state index in [4.69, 9.17) is 4.98 Å². The average molecular weight is 426 g/mol. The number of carbonyl (C=O) groups excluding carboxylic acids is 1. The van der Waals surface area contributed by atoms with E-state index in [0.717, 1.165) is 17.7 Å². The van der Waals surface area contributed by atoms with Gasteiger partial charge in [0.15, 0.2) is 0 Å². The molecule has 32 heavy (non-hydrogen) atoms. The van der Waals surface area contributed by atoms with Crippen LogP contribution in [-0.2, 0) is 6.42 Å². The number of fused-ring (bicyclic) bond motifs is 1. The summed E-state index contributed by atoms with van der Waals surface area (Å²) in [6.07, 6.45) is 0.921. The fourth-order valence-corrected chi connectivity index (χ4v) is 3.81. The Balaban J connectivity index is 1.82. The number of hydrogen-bond acceptors (Lipinski definition) is 3. The van der Waals surface area contributed by atoms with Crippen LogP contribution in [0.3, 0.4) is 0 Å². The van der Waals surface area contributed by atoms with Crippen LogP contribution in [0.4, 0.5) is 0 Å². The number of hydrogen-bond donors (Lipinski definition) is 0. The number of rotatable bonds is 5. The van der Waals surface area contributed by atoms with Crippen molar-refractivity contribution in [2.75, 3.05) is 7.05 Å². The van der Waals surface area contributed by atoms with Gasteiger partial charge in [-0.25, -0.2) is 4.98 Å². The maximum Gasteiger partial charge on any atom is 0.266 e. The molecule has 4 aromatic rings. The van der Waals surface area contributed by atoms with Crippen LogP contribution in [0.5, 0.6) is 0 Å². The zero-order valence-corrected chi connectivity index (χ0v) is 18.9. The Bertz CT molecular complexity index is 1320. The number of nitrogens with zero attached hydrogens (tertiary/aromatic N) is 3. The summed E-state index contributed by atoms with van der Waals surface area (Å²) < 4.78 is 1.62. The zero-order chi connectivity index (χ0) is 22.8. The number of amides is 1. The molecule has 0 aliphatic heterocycles. The van der Waals surface area contributed by atoms with Crippen LogP contribution >= 0.6 is 0 Å². The van der Waals surface area contributed by atoms with Gasteiger partial charge in [-0.1, -0.05) is 48.9 Å². The molecule has 0 aliphatic rings. The summed E-state index contributed by atoms with van der Waals surface area (Å²) >= 11 is 0. The second-order valence-corrected chi connectivity index (χ2v) is 8.11. The van der Waals surface area contributed by atoms with E-state index in [0.29, 0.717) is 22.3 Å². The Morgan fingerprint density at radius 2 is 1.66 bits per heavy atom. The van der Waals surface area contributed by atoms with Gasteiger partial charge in [-0.15, -0.1) is 0 Å². The largest absolute Gasteiger partial charge is 0.332 e. The third-order valence-corrected chi connectivity index (χ3v) is 5.98. The van der Waals surface area contributed by atoms with Crippen molar-refractivity contribution in [2.45, 2.75) is 33.2 Å². The van der Waals surface area contributed by atoms with Gasteiger partial charge >= 0.3 is 0 Å². The summed E-state index contributed by atoms with van der Waals surface area (Å²) in [6, 6.07) is 22.3. The van der Waals surface area contributed by atoms with Crippen molar-refractivity contribution >= 4 is 16.8 Å². The van der Waals surface area contributed by atoms with Crippen molar-refractivity contribution in [2.24, 2.45) is 0 Å². The number of carbonyl (C=O) groups is 1. The van der Waals surface area contributed by atoms with Gasteiger partial charge in [0.2, 0.25) is 0 Å². The van der Waals surface area contributed by atoms with Gasteiger partial charge in [0, 0.05) is 12.6 Å². The lowest BCUT2D eigenvalue weighted by Gasteiger charge is -2.27. The Hall–Kier alpha value is -3.73. The molecule has 162 valence electrons. The second-order valence-electron chi connectivity index (χ2n) is 8.11. The van der Waals surface area contributed by atoms with Crippen LogP contribution < -0.4 is 5.56 Å². The fourth-order valence-electron chi connectivity index (χ4n) is 3.81. The van der Waals surface area contributed by atoms with Crippen LogP contribution in [-0.4, -0.2) is 27.4 Å². The van der Waals surface area contributed by atoms with Crippen LogP contribution in [0.1, 0.15) is 47.2 Å². The first kappa shape index (κ1) is 21.5. The summed E-state index contributed by atoms with van der Waals surface area (Å²) in [5.74, 6) is 0.414. The minimum absolute atomic E-state index is 0.113. The highest BCUT2D eigenvalue weighted by atomic mass is 16.2. The standard InChI is InChI=1S/C27H27N3O2/c1-5-20-12-14-21(15-13-20)26(31)29(4)19(3)25-28-24-9-7-6-8-23(24)27(32)30(25)22-16-10-18(2)11-17-22/h6-17,19H,5H2,1-4H3. The maximum absolute atomic E-state index is 13.5. The molecule has 0 radical (unpaired) electrons. The number of para-hydroxylation sites is 1. The molecule has 4 rings (SSSR count). The van der Waals surface area contributed by atoms with E-state index in [1.165, 1.54) is 5.56 Å². The number of benzene rings is 3. The summed E-state index contributed by atoms with van der Waals surface area (Å²) in [7, 11) is 1.75. The Morgan fingerprint density at radius 3 is 2.31 bits per heavy atom. The Labute approximate surface area is 188 Å². The van der Waals surface area contributed by atoms with Crippen LogP contribution in [0, 0.1) is 6.92 Å². The molecule has 0 fully saturated rings. The van der Waals surface area contributed by atoms with E-state index in [1.54, 1.807) is 22.6 Å². The van der Waals surface area contributed by atoms with E-state index in [2.05, 4.69) is 6.92 Å². The van der Waals surface area contributed by atoms with E-state index < -0.39 is 6.04 Å². The first-order valence-electron chi connectivity index (χ1n) is 10.9. The third-order valence-electron chi connectivity index (χ3n) is 5.98. The fraction of sp³-hybridized carbons (Fsp3) is 0.222. The van der Waals surface area contributed by atoms with Gasteiger partial charge in [0.1, 0.15) is 5.82 Å². The molecule has 1 atom stereocenters. The first-order valence-corrected chi connectivity index (χ1v) is 10.9. The van der Waals surface area contributed by atoms with Gasteiger partial charge in [-0.3, -0.25) is 14.2 Å². The molecule has 5 heteroatoms. The highest BCUT2D eigenvalue weighted by Crippen LogP contribution is 2.23. The first-order chi connectivity index (χ1) is 15.4. The van der Waals surface area contributed by atoms with Crippen molar-refractivity contribution in [3.05, 3.63) is 106 Å². The average Bonchev–Trinajstić information content (AvgIpc) is 2.83. The molecule has 0 N–H and O–H groups in total. The minimum Gasteiger partial charge on any atom is -0.332 e. The van der Waals surface area contributed by atoms with E-state index in [9.17, 15) is 9.59 Å². The van der Waals surface area contributed by atoms with Gasteiger partial charge in [0.25, 0.3) is 11.5 Å². The number of aryl methyl sites for hydroxylation is 2. The monoisotopic (exact) mass is 425 g/mol. The van der Waals surface area contributed by atoms with Gasteiger partial charge in [0.05, 0.1) is 22.6 Å². The molecule has 5 nitrogen and oxygen atoms in total. The summed E-state index contributed by atoms with van der Waals surface area (Å²) in [5.41, 5.74) is 4.11. The van der Waals surface area contributed by atoms with Crippen molar-refractivity contribution in [3.63, 3.8) is 0 Å². The van der Waals surface area contributed by atoms with Crippen molar-refractivity contribution in [1.82, 2.24) is 14.5 Å². The number of aromatic nitrogens is 2. The SMILES string of the molecule is CCc1ccc(C(=O)N(C)C(C)c2nc3ccccc3c(=O)n2-c2ccc(C)cc2)cc1. The van der Waals surface area contributed by atoms with E-state index >= 15 is 0 Å². The summed E-state index contributed by atoms with van der Waals surface area (Å²) in [6.45, 7) is 5.99. The van der Waals surface area contributed by atoms with Crippen molar-refractivity contribution in [1.29, 1.82) is 0 Å². The highest BCUT2D eigenvalue weighted by Gasteiger charge is 2.25. The Morgan fingerprint density at radius 1 is 1.00 bits per heavy atom. The lowest BCUT2D eigenvalue weighted by atomic mass is 10.1. The molecular weight excluding hydrogens is 398 g/mol. The second kappa shape index (κ2) is 8.79. The van der Waals surface area contributed by atoms with Gasteiger partial charge in [-0.2, -0.15) is 0 Å². The predicted molar refractivity (Wildman–Crippen MR) is 128 cm³/mol. The smallest absolute Gasteiger partial charge is 0.266 e.